The van der Waals surface area contributed by atoms with Gasteiger partial charge in [-0.1, -0.05) is 12.1 Å². The molecule has 0 bridgehead atoms. The summed E-state index contributed by atoms with van der Waals surface area (Å²) < 4.78 is 55.0. The summed E-state index contributed by atoms with van der Waals surface area (Å²) >= 11 is 0. The summed E-state index contributed by atoms with van der Waals surface area (Å²) in [4.78, 5) is 16.9. The van der Waals surface area contributed by atoms with E-state index in [1.54, 1.807) is 12.1 Å². The van der Waals surface area contributed by atoms with E-state index in [0.717, 1.165) is 0 Å². The minimum Gasteiger partial charge on any atom is -0.461 e. The average molecular weight is 304 g/mol. The van der Waals surface area contributed by atoms with Gasteiger partial charge in [-0.2, -0.15) is 8.78 Å². The van der Waals surface area contributed by atoms with Gasteiger partial charge in [0, 0.05) is 0 Å². The molecule has 9 heteroatoms. The van der Waals surface area contributed by atoms with Gasteiger partial charge in [0.2, 0.25) is 5.16 Å². The largest absolute Gasteiger partial charge is 0.461 e. The van der Waals surface area contributed by atoms with Gasteiger partial charge in [-0.05, 0) is 19.1 Å². The topological polar surface area (TPSA) is 89.1 Å². The molecule has 108 valence electrons. The van der Waals surface area contributed by atoms with Gasteiger partial charge in [-0.15, -0.1) is 0 Å². The molecule has 1 heterocycles. The molecule has 0 aliphatic carbocycles. The number of benzene rings is 1. The van der Waals surface area contributed by atoms with E-state index in [0.29, 0.717) is 0 Å². The van der Waals surface area contributed by atoms with Crippen molar-refractivity contribution < 1.29 is 26.7 Å². The lowest BCUT2D eigenvalue weighted by molar-refractivity contribution is -0.160. The fourth-order valence-corrected chi connectivity index (χ4v) is 2.49. The number of alkyl halides is 2. The lowest BCUT2D eigenvalue weighted by Gasteiger charge is -2.13. The van der Waals surface area contributed by atoms with Gasteiger partial charge in [0.05, 0.1) is 17.6 Å². The zero-order chi connectivity index (χ0) is 15.0. The molecule has 0 atom stereocenters. The molecule has 0 aliphatic heterocycles. The van der Waals surface area contributed by atoms with Crippen LogP contribution in [-0.4, -0.2) is 36.2 Å². The fourth-order valence-electron chi connectivity index (χ4n) is 1.50. The molecule has 1 aromatic carbocycles. The Kier molecular flexibility index (Phi) is 3.46. The van der Waals surface area contributed by atoms with E-state index in [9.17, 15) is 22.0 Å². The highest BCUT2D eigenvalue weighted by molar-refractivity contribution is 7.93. The molecule has 0 spiro atoms. The number of sulfone groups is 1. The lowest BCUT2D eigenvalue weighted by atomic mass is 10.3. The van der Waals surface area contributed by atoms with E-state index in [4.69, 9.17) is 0 Å². The highest BCUT2D eigenvalue weighted by Crippen LogP contribution is 2.30. The Labute approximate surface area is 112 Å². The van der Waals surface area contributed by atoms with Gasteiger partial charge in [-0.25, -0.2) is 18.2 Å². The maximum Gasteiger partial charge on any atom is 0.447 e. The second kappa shape index (κ2) is 4.82. The van der Waals surface area contributed by atoms with Crippen molar-refractivity contribution in [1.29, 1.82) is 0 Å². The van der Waals surface area contributed by atoms with Crippen LogP contribution in [0.25, 0.3) is 11.0 Å². The second-order valence-corrected chi connectivity index (χ2v) is 5.71. The maximum atomic E-state index is 13.7. The number of carbonyl (C=O) groups is 1. The second-order valence-electron chi connectivity index (χ2n) is 3.80. The summed E-state index contributed by atoms with van der Waals surface area (Å²) in [5, 5.41) is -5.67. The molecule has 0 aliphatic rings. The number of aromatic nitrogens is 2. The van der Waals surface area contributed by atoms with E-state index in [1.165, 1.54) is 19.1 Å². The predicted octanol–water partition coefficient (Wildman–Crippen LogP) is 1.49. The monoisotopic (exact) mass is 304 g/mol. The first-order valence-electron chi connectivity index (χ1n) is 5.55. The number of rotatable bonds is 4. The number of esters is 1. The number of ether oxygens (including phenoxy) is 1. The van der Waals surface area contributed by atoms with Gasteiger partial charge in [-0.3, -0.25) is 0 Å². The van der Waals surface area contributed by atoms with E-state index in [1.807, 2.05) is 0 Å². The van der Waals surface area contributed by atoms with Gasteiger partial charge in [0.15, 0.2) is 0 Å². The van der Waals surface area contributed by atoms with Crippen molar-refractivity contribution in [3.63, 3.8) is 0 Å². The minimum absolute atomic E-state index is 0.200. The van der Waals surface area contributed by atoms with Crippen molar-refractivity contribution in [3.05, 3.63) is 24.3 Å². The lowest BCUT2D eigenvalue weighted by Crippen LogP contribution is -2.39. The van der Waals surface area contributed by atoms with Gasteiger partial charge in [0.25, 0.3) is 9.84 Å². The molecule has 0 saturated carbocycles. The number of carbonyl (C=O) groups excluding carboxylic acids is 1. The first-order chi connectivity index (χ1) is 9.30. The molecule has 0 unspecified atom stereocenters. The van der Waals surface area contributed by atoms with Gasteiger partial charge >= 0.3 is 11.2 Å². The van der Waals surface area contributed by atoms with Crippen molar-refractivity contribution in [3.8, 4) is 0 Å². The van der Waals surface area contributed by atoms with Crippen LogP contribution in [0, 0.1) is 0 Å². The predicted molar refractivity (Wildman–Crippen MR) is 64.9 cm³/mol. The quantitative estimate of drug-likeness (QED) is 0.864. The van der Waals surface area contributed by atoms with Crippen LogP contribution < -0.4 is 0 Å². The van der Waals surface area contributed by atoms with Crippen molar-refractivity contribution in [2.24, 2.45) is 0 Å². The van der Waals surface area contributed by atoms with Crippen molar-refractivity contribution >= 4 is 26.8 Å². The average Bonchev–Trinajstić information content (AvgIpc) is 2.83. The fraction of sp³-hybridized carbons (Fsp3) is 0.273. The minimum atomic E-state index is -5.30. The first-order valence-corrected chi connectivity index (χ1v) is 7.03. The van der Waals surface area contributed by atoms with Crippen LogP contribution in [0.1, 0.15) is 6.92 Å². The summed E-state index contributed by atoms with van der Waals surface area (Å²) in [5.41, 5.74) is 0.469. The molecular weight excluding hydrogens is 294 g/mol. The third kappa shape index (κ3) is 2.13. The number of halogens is 2. The summed E-state index contributed by atoms with van der Waals surface area (Å²) in [7, 11) is -5.30. The van der Waals surface area contributed by atoms with E-state index in [-0.39, 0.29) is 17.6 Å². The molecule has 1 N–H and O–H groups in total. The normalized spacial score (nSPS) is 12.6. The van der Waals surface area contributed by atoms with Crippen LogP contribution >= 0.6 is 0 Å². The third-order valence-corrected chi connectivity index (χ3v) is 4.02. The summed E-state index contributed by atoms with van der Waals surface area (Å²) in [6.45, 7) is 0.936. The molecular formula is C11H10F2N2O4S. The Morgan fingerprint density at radius 2 is 2.05 bits per heavy atom. The molecule has 0 radical (unpaired) electrons. The summed E-state index contributed by atoms with van der Waals surface area (Å²) in [5.74, 6) is -2.12. The van der Waals surface area contributed by atoms with Crippen LogP contribution in [0.15, 0.2) is 29.4 Å². The van der Waals surface area contributed by atoms with Crippen LogP contribution in [0.2, 0.25) is 0 Å². The molecule has 20 heavy (non-hydrogen) atoms. The number of H-pyrrole nitrogens is 1. The standard InChI is InChI=1S/C11H10F2N2O4S/c1-2-19-9(16)11(12,13)20(17,18)10-14-7-5-3-4-6-8(7)15-10/h3-6H,2H2,1H3,(H,14,15). The zero-order valence-electron chi connectivity index (χ0n) is 10.3. The Bertz CT molecular complexity index is 722. The third-order valence-electron chi connectivity index (χ3n) is 2.47. The van der Waals surface area contributed by atoms with Crippen LogP contribution in [0.3, 0.4) is 0 Å². The van der Waals surface area contributed by atoms with E-state index < -0.39 is 26.2 Å². The smallest absolute Gasteiger partial charge is 0.447 e. The molecule has 6 nitrogen and oxygen atoms in total. The SMILES string of the molecule is CCOC(=O)C(F)(F)S(=O)(=O)c1nc2ccccc2[nH]1. The van der Waals surface area contributed by atoms with Crippen molar-refractivity contribution in [2.45, 2.75) is 17.3 Å². The van der Waals surface area contributed by atoms with Gasteiger partial charge in [0.1, 0.15) is 0 Å². The van der Waals surface area contributed by atoms with Gasteiger partial charge < -0.3 is 9.72 Å². The van der Waals surface area contributed by atoms with Crippen molar-refractivity contribution in [2.75, 3.05) is 6.61 Å². The Morgan fingerprint density at radius 1 is 1.40 bits per heavy atom. The highest BCUT2D eigenvalue weighted by Gasteiger charge is 2.56. The number of nitrogens with zero attached hydrogens (tertiary/aromatic N) is 1. The zero-order valence-corrected chi connectivity index (χ0v) is 11.1. The number of hydrogen-bond acceptors (Lipinski definition) is 5. The number of fused-ring (bicyclic) bond motifs is 1. The summed E-state index contributed by atoms with van der Waals surface area (Å²) in [6.07, 6.45) is 0. The number of nitrogens with one attached hydrogen (secondary N) is 1. The Balaban J connectivity index is 2.51. The van der Waals surface area contributed by atoms with Crippen LogP contribution in [0.5, 0.6) is 0 Å². The summed E-state index contributed by atoms with van der Waals surface area (Å²) in [6, 6.07) is 6.08. The number of imidazole rings is 1. The number of para-hydroxylation sites is 2. The maximum absolute atomic E-state index is 13.7. The first kappa shape index (κ1) is 14.4. The Hall–Kier alpha value is -2.03. The Morgan fingerprint density at radius 3 is 2.65 bits per heavy atom. The molecule has 1 aromatic heterocycles. The number of aromatic amines is 1. The molecule has 0 amide bonds. The van der Waals surface area contributed by atoms with Crippen molar-refractivity contribution in [1.82, 2.24) is 9.97 Å². The molecule has 2 aromatic rings. The molecule has 0 fully saturated rings. The van der Waals surface area contributed by atoms with Crippen LogP contribution in [-0.2, 0) is 19.4 Å². The highest BCUT2D eigenvalue weighted by atomic mass is 32.2. The van der Waals surface area contributed by atoms with E-state index in [2.05, 4.69) is 14.7 Å². The molecule has 2 rings (SSSR count). The van der Waals surface area contributed by atoms with E-state index >= 15 is 0 Å². The molecule has 0 saturated heterocycles. The van der Waals surface area contributed by atoms with Crippen LogP contribution in [0.4, 0.5) is 8.78 Å². The number of hydrogen-bond donors (Lipinski definition) is 1.